The molecule has 48 heavy (non-hydrogen) atoms. The number of carbonyl (C=O) groups is 2. The van der Waals surface area contributed by atoms with E-state index in [1.54, 1.807) is 55.5 Å². The molecule has 8 nitrogen and oxygen atoms in total. The van der Waals surface area contributed by atoms with Gasteiger partial charge in [-0.15, -0.1) is 0 Å². The smallest absolute Gasteiger partial charge is 0.264 e. The molecule has 2 amide bonds. The highest BCUT2D eigenvalue weighted by Crippen LogP contribution is 2.33. The third-order valence-corrected chi connectivity index (χ3v) is 10.3. The maximum absolute atomic E-state index is 14.7. The van der Waals surface area contributed by atoms with Crippen molar-refractivity contribution in [3.63, 3.8) is 0 Å². The lowest BCUT2D eigenvalue weighted by Crippen LogP contribution is -2.54. The number of carbonyl (C=O) groups excluding carboxylic acids is 2. The van der Waals surface area contributed by atoms with Crippen molar-refractivity contribution in [1.82, 2.24) is 10.2 Å². The van der Waals surface area contributed by atoms with Gasteiger partial charge in [-0.1, -0.05) is 85.1 Å². The van der Waals surface area contributed by atoms with Gasteiger partial charge in [-0.3, -0.25) is 13.9 Å². The molecule has 5 rings (SSSR count). The summed E-state index contributed by atoms with van der Waals surface area (Å²) in [7, 11) is -4.29. The lowest BCUT2D eigenvalue weighted by molar-refractivity contribution is -0.140. The molecule has 1 aliphatic rings. The van der Waals surface area contributed by atoms with E-state index in [1.165, 1.54) is 29.2 Å². The predicted octanol–water partition coefficient (Wildman–Crippen LogP) is 6.43. The second kappa shape index (κ2) is 15.9. The van der Waals surface area contributed by atoms with Crippen molar-refractivity contribution in [3.8, 4) is 5.75 Å². The van der Waals surface area contributed by atoms with Crippen molar-refractivity contribution in [3.05, 3.63) is 126 Å². The molecule has 0 spiro atoms. The molecule has 0 radical (unpaired) electrons. The zero-order valence-electron chi connectivity index (χ0n) is 27.3. The average molecular weight is 672 g/mol. The first-order valence-corrected chi connectivity index (χ1v) is 17.8. The molecule has 1 unspecified atom stereocenters. The number of ether oxygens (including phenoxy) is 1. The summed E-state index contributed by atoms with van der Waals surface area (Å²) in [6, 6.07) is 27.2. The van der Waals surface area contributed by atoms with Gasteiger partial charge in [0.2, 0.25) is 11.8 Å². The van der Waals surface area contributed by atoms with E-state index >= 15 is 0 Å². The molecule has 1 N–H and O–H groups in total. The Kier molecular flexibility index (Phi) is 11.5. The first kappa shape index (κ1) is 34.6. The summed E-state index contributed by atoms with van der Waals surface area (Å²) in [5, 5.41) is 3.16. The third kappa shape index (κ3) is 8.60. The average Bonchev–Trinajstić information content (AvgIpc) is 3.60. The van der Waals surface area contributed by atoms with Gasteiger partial charge in [-0.25, -0.2) is 12.8 Å². The highest BCUT2D eigenvalue weighted by Gasteiger charge is 2.36. The fourth-order valence-electron chi connectivity index (χ4n) is 6.00. The number of hydrogen-bond donors (Lipinski definition) is 1. The van der Waals surface area contributed by atoms with Crippen LogP contribution in [0.1, 0.15) is 49.3 Å². The first-order chi connectivity index (χ1) is 23.2. The standard InChI is InChI=1S/C38H42FN3O5S/c1-3-47-36-16-10-9-15-34(36)42(48(45,46)33-23-17-28(2)18-24-33)27-37(43)41(26-30-19-21-31(39)22-20-30)35(25-29-11-5-4-6-12-29)38(44)40-32-13-7-8-14-32/h4-6,9-12,15-24,32,35H,3,7-8,13-14,25-27H2,1-2H3,(H,40,44). The molecule has 1 aliphatic carbocycles. The van der Waals surface area contributed by atoms with Crippen LogP contribution in [0.2, 0.25) is 0 Å². The lowest BCUT2D eigenvalue weighted by Gasteiger charge is -2.34. The maximum Gasteiger partial charge on any atom is 0.264 e. The number of amides is 2. The second-order valence-electron chi connectivity index (χ2n) is 12.1. The molecule has 0 saturated heterocycles. The van der Waals surface area contributed by atoms with E-state index < -0.39 is 34.3 Å². The Morgan fingerprint density at radius 3 is 2.19 bits per heavy atom. The number of sulfonamides is 1. The van der Waals surface area contributed by atoms with Crippen LogP contribution in [0.15, 0.2) is 108 Å². The number of nitrogens with zero attached hydrogens (tertiary/aromatic N) is 2. The highest BCUT2D eigenvalue weighted by atomic mass is 32.2. The predicted molar refractivity (Wildman–Crippen MR) is 185 cm³/mol. The van der Waals surface area contributed by atoms with Gasteiger partial charge < -0.3 is 15.0 Å². The van der Waals surface area contributed by atoms with Gasteiger partial charge in [0, 0.05) is 19.0 Å². The Bertz CT molecular complexity index is 1780. The Morgan fingerprint density at radius 1 is 0.875 bits per heavy atom. The summed E-state index contributed by atoms with van der Waals surface area (Å²) in [6.45, 7) is 3.28. The van der Waals surface area contributed by atoms with Gasteiger partial charge in [0.1, 0.15) is 24.2 Å². The Balaban J connectivity index is 1.59. The maximum atomic E-state index is 14.7. The molecule has 0 aromatic heterocycles. The van der Waals surface area contributed by atoms with Crippen molar-refractivity contribution in [2.24, 2.45) is 0 Å². The number of halogens is 1. The summed E-state index contributed by atoms with van der Waals surface area (Å²) in [5.74, 6) is -1.04. The van der Waals surface area contributed by atoms with E-state index in [4.69, 9.17) is 4.74 Å². The molecule has 4 aromatic carbocycles. The largest absolute Gasteiger partial charge is 0.492 e. The van der Waals surface area contributed by atoms with Gasteiger partial charge in [-0.2, -0.15) is 0 Å². The molecular weight excluding hydrogens is 629 g/mol. The summed E-state index contributed by atoms with van der Waals surface area (Å²) in [5.41, 5.74) is 2.52. The van der Waals surface area contributed by atoms with E-state index in [0.29, 0.717) is 11.3 Å². The Morgan fingerprint density at radius 2 is 1.52 bits per heavy atom. The van der Waals surface area contributed by atoms with E-state index in [2.05, 4.69) is 5.32 Å². The van der Waals surface area contributed by atoms with E-state index in [9.17, 15) is 22.4 Å². The normalized spacial score (nSPS) is 13.9. The molecule has 4 aromatic rings. The van der Waals surface area contributed by atoms with Gasteiger partial charge in [0.25, 0.3) is 10.0 Å². The minimum atomic E-state index is -4.29. The summed E-state index contributed by atoms with van der Waals surface area (Å²) < 4.78 is 49.5. The fourth-order valence-corrected chi connectivity index (χ4v) is 7.42. The molecule has 1 fully saturated rings. The Labute approximate surface area is 282 Å². The molecule has 1 atom stereocenters. The minimum Gasteiger partial charge on any atom is -0.492 e. The summed E-state index contributed by atoms with van der Waals surface area (Å²) >= 11 is 0. The zero-order chi connectivity index (χ0) is 34.1. The number of nitrogens with one attached hydrogen (secondary N) is 1. The molecular formula is C38H42FN3O5S. The van der Waals surface area contributed by atoms with Crippen LogP contribution in [0.3, 0.4) is 0 Å². The molecule has 1 saturated carbocycles. The van der Waals surface area contributed by atoms with Crippen LogP contribution in [0.5, 0.6) is 5.75 Å². The lowest BCUT2D eigenvalue weighted by atomic mass is 10.0. The molecule has 10 heteroatoms. The van der Waals surface area contributed by atoms with Gasteiger partial charge in [0.05, 0.1) is 17.2 Å². The first-order valence-electron chi connectivity index (χ1n) is 16.3. The van der Waals surface area contributed by atoms with Crippen LogP contribution in [0.25, 0.3) is 0 Å². The van der Waals surface area contributed by atoms with E-state index in [-0.39, 0.29) is 42.1 Å². The number of benzene rings is 4. The Hall–Kier alpha value is -4.70. The van der Waals surface area contributed by atoms with Crippen molar-refractivity contribution in [1.29, 1.82) is 0 Å². The molecule has 252 valence electrons. The number of anilines is 1. The van der Waals surface area contributed by atoms with Crippen LogP contribution in [0, 0.1) is 12.7 Å². The van der Waals surface area contributed by atoms with Gasteiger partial charge >= 0.3 is 0 Å². The van der Waals surface area contributed by atoms with E-state index in [1.807, 2.05) is 37.3 Å². The third-order valence-electron chi connectivity index (χ3n) is 8.56. The zero-order valence-corrected chi connectivity index (χ0v) is 28.2. The molecule has 0 aliphatic heterocycles. The summed E-state index contributed by atoms with van der Waals surface area (Å²) in [6.07, 6.45) is 3.93. The number of hydrogen-bond acceptors (Lipinski definition) is 5. The van der Waals surface area contributed by atoms with E-state index in [0.717, 1.165) is 41.1 Å². The van der Waals surface area contributed by atoms with Crippen molar-refractivity contribution in [2.75, 3.05) is 17.5 Å². The number of rotatable bonds is 14. The van der Waals surface area contributed by atoms with Gasteiger partial charge in [-0.05, 0) is 74.2 Å². The van der Waals surface area contributed by atoms with Crippen molar-refractivity contribution >= 4 is 27.5 Å². The van der Waals surface area contributed by atoms with Crippen LogP contribution in [-0.4, -0.2) is 50.4 Å². The SMILES string of the molecule is CCOc1ccccc1N(CC(=O)N(Cc1ccc(F)cc1)C(Cc1ccccc1)C(=O)NC1CCCC1)S(=O)(=O)c1ccc(C)cc1. The molecule has 0 heterocycles. The molecule has 0 bridgehead atoms. The fraction of sp³-hybridized carbons (Fsp3) is 0.316. The second-order valence-corrected chi connectivity index (χ2v) is 13.9. The van der Waals surface area contributed by atoms with Crippen molar-refractivity contribution in [2.45, 2.75) is 69.5 Å². The van der Waals surface area contributed by atoms with Gasteiger partial charge in [0.15, 0.2) is 0 Å². The van der Waals surface area contributed by atoms with Crippen LogP contribution in [-0.2, 0) is 32.6 Å². The van der Waals surface area contributed by atoms with Crippen LogP contribution < -0.4 is 14.4 Å². The summed E-state index contributed by atoms with van der Waals surface area (Å²) in [4.78, 5) is 30.3. The topological polar surface area (TPSA) is 96.0 Å². The quantitative estimate of drug-likeness (QED) is 0.167. The monoisotopic (exact) mass is 671 g/mol. The van der Waals surface area contributed by atoms with Crippen molar-refractivity contribution < 1.29 is 27.1 Å². The van der Waals surface area contributed by atoms with Crippen LogP contribution in [0.4, 0.5) is 10.1 Å². The highest BCUT2D eigenvalue weighted by molar-refractivity contribution is 7.92. The number of aryl methyl sites for hydroxylation is 1. The number of para-hydroxylation sites is 2. The minimum absolute atomic E-state index is 0.00460. The van der Waals surface area contributed by atoms with Crippen LogP contribution >= 0.6 is 0 Å².